The van der Waals surface area contributed by atoms with E-state index in [1.807, 2.05) is 36.4 Å². The van der Waals surface area contributed by atoms with E-state index in [2.05, 4.69) is 17.4 Å². The quantitative estimate of drug-likeness (QED) is 0.676. The van der Waals surface area contributed by atoms with Gasteiger partial charge < -0.3 is 20.1 Å². The molecule has 31 heavy (non-hydrogen) atoms. The van der Waals surface area contributed by atoms with Gasteiger partial charge in [0.05, 0.1) is 0 Å². The molecule has 1 unspecified atom stereocenters. The van der Waals surface area contributed by atoms with Gasteiger partial charge in [-0.1, -0.05) is 62.4 Å². The number of rotatable bonds is 8. The maximum atomic E-state index is 12.8. The van der Waals surface area contributed by atoms with E-state index in [9.17, 15) is 14.4 Å². The van der Waals surface area contributed by atoms with Crippen molar-refractivity contribution in [3.8, 4) is 11.1 Å². The number of carboxylic acids is 1. The SMILES string of the molecule is CCN(CC(=O)O)C(=O)C(NC(=O)OCC1c2ccccc2-c2ccccc21)C(C)C. The summed E-state index contributed by atoms with van der Waals surface area (Å²) in [4.78, 5) is 37.6. The lowest BCUT2D eigenvalue weighted by atomic mass is 9.98. The smallest absolute Gasteiger partial charge is 0.407 e. The molecular weight excluding hydrogens is 396 g/mol. The number of carbonyl (C=O) groups excluding carboxylic acids is 2. The third-order valence-corrected chi connectivity index (χ3v) is 5.57. The summed E-state index contributed by atoms with van der Waals surface area (Å²) in [6.07, 6.45) is -0.694. The Morgan fingerprint density at radius 3 is 2.06 bits per heavy atom. The minimum Gasteiger partial charge on any atom is -0.480 e. The van der Waals surface area contributed by atoms with Crippen molar-refractivity contribution in [2.45, 2.75) is 32.7 Å². The number of amides is 2. The molecule has 3 rings (SSSR count). The van der Waals surface area contributed by atoms with Crippen LogP contribution in [-0.2, 0) is 14.3 Å². The van der Waals surface area contributed by atoms with Crippen molar-refractivity contribution in [3.63, 3.8) is 0 Å². The highest BCUT2D eigenvalue weighted by atomic mass is 16.5. The molecule has 0 aliphatic heterocycles. The molecule has 2 aromatic rings. The zero-order valence-corrected chi connectivity index (χ0v) is 18.0. The van der Waals surface area contributed by atoms with Gasteiger partial charge in [0.15, 0.2) is 0 Å². The van der Waals surface area contributed by atoms with Gasteiger partial charge in [-0.15, -0.1) is 0 Å². The summed E-state index contributed by atoms with van der Waals surface area (Å²) in [7, 11) is 0. The Morgan fingerprint density at radius 2 is 1.58 bits per heavy atom. The standard InChI is InChI=1S/C24H28N2O5/c1-4-26(13-21(27)28)23(29)22(15(2)3)25-24(30)31-14-20-18-11-7-5-9-16(18)17-10-6-8-12-19(17)20/h5-12,15,20,22H,4,13-14H2,1-3H3,(H,25,30)(H,27,28). The van der Waals surface area contributed by atoms with E-state index in [1.165, 1.54) is 4.90 Å². The summed E-state index contributed by atoms with van der Waals surface area (Å²) >= 11 is 0. The van der Waals surface area contributed by atoms with Crippen LogP contribution in [0.15, 0.2) is 48.5 Å². The molecule has 1 aliphatic carbocycles. The molecule has 0 heterocycles. The van der Waals surface area contributed by atoms with Gasteiger partial charge in [-0.3, -0.25) is 9.59 Å². The molecule has 0 fully saturated rings. The fourth-order valence-electron chi connectivity index (χ4n) is 3.99. The van der Waals surface area contributed by atoms with Crippen molar-refractivity contribution in [2.24, 2.45) is 5.92 Å². The summed E-state index contributed by atoms with van der Waals surface area (Å²) in [6.45, 7) is 5.25. The Bertz CT molecular complexity index is 926. The number of nitrogens with zero attached hydrogens (tertiary/aromatic N) is 1. The molecule has 0 aromatic heterocycles. The van der Waals surface area contributed by atoms with E-state index >= 15 is 0 Å². The van der Waals surface area contributed by atoms with Gasteiger partial charge in [-0.25, -0.2) is 4.79 Å². The molecule has 7 heteroatoms. The highest BCUT2D eigenvalue weighted by molar-refractivity contribution is 5.88. The lowest BCUT2D eigenvalue weighted by Gasteiger charge is -2.28. The summed E-state index contributed by atoms with van der Waals surface area (Å²) in [5, 5.41) is 11.7. The first-order valence-corrected chi connectivity index (χ1v) is 10.5. The van der Waals surface area contributed by atoms with Crippen molar-refractivity contribution < 1.29 is 24.2 Å². The van der Waals surface area contributed by atoms with Gasteiger partial charge in [0.25, 0.3) is 0 Å². The van der Waals surface area contributed by atoms with Gasteiger partial charge in [-0.05, 0) is 35.1 Å². The zero-order valence-electron chi connectivity index (χ0n) is 18.0. The number of nitrogens with one attached hydrogen (secondary N) is 1. The maximum Gasteiger partial charge on any atom is 0.407 e. The van der Waals surface area contributed by atoms with E-state index in [1.54, 1.807) is 20.8 Å². The third kappa shape index (κ3) is 4.87. The molecule has 0 saturated carbocycles. The number of hydrogen-bond donors (Lipinski definition) is 2. The van der Waals surface area contributed by atoms with E-state index in [4.69, 9.17) is 9.84 Å². The zero-order chi connectivity index (χ0) is 22.5. The Kier molecular flexibility index (Phi) is 6.95. The first kappa shape index (κ1) is 22.3. The van der Waals surface area contributed by atoms with E-state index < -0.39 is 30.6 Å². The molecule has 0 bridgehead atoms. The average Bonchev–Trinajstić information content (AvgIpc) is 3.07. The Labute approximate surface area is 182 Å². The minimum atomic E-state index is -1.10. The highest BCUT2D eigenvalue weighted by Crippen LogP contribution is 2.44. The van der Waals surface area contributed by atoms with Crippen LogP contribution >= 0.6 is 0 Å². The topological polar surface area (TPSA) is 95.9 Å². The second-order valence-electron chi connectivity index (χ2n) is 7.94. The van der Waals surface area contributed by atoms with Crippen LogP contribution in [0.4, 0.5) is 4.79 Å². The van der Waals surface area contributed by atoms with Crippen LogP contribution in [0.3, 0.4) is 0 Å². The third-order valence-electron chi connectivity index (χ3n) is 5.57. The molecule has 7 nitrogen and oxygen atoms in total. The van der Waals surface area contributed by atoms with Crippen LogP contribution in [0.25, 0.3) is 11.1 Å². The molecule has 2 aromatic carbocycles. The van der Waals surface area contributed by atoms with Crippen LogP contribution in [0.1, 0.15) is 37.8 Å². The molecule has 164 valence electrons. The fraction of sp³-hybridized carbons (Fsp3) is 0.375. The molecule has 0 radical (unpaired) electrons. The minimum absolute atomic E-state index is 0.0782. The van der Waals surface area contributed by atoms with E-state index in [0.29, 0.717) is 0 Å². The summed E-state index contributed by atoms with van der Waals surface area (Å²) in [5.74, 6) is -1.84. The monoisotopic (exact) mass is 424 g/mol. The van der Waals surface area contributed by atoms with Crippen LogP contribution in [-0.4, -0.2) is 53.7 Å². The molecule has 2 N–H and O–H groups in total. The highest BCUT2D eigenvalue weighted by Gasteiger charge is 2.32. The van der Waals surface area contributed by atoms with Crippen LogP contribution in [0.2, 0.25) is 0 Å². The first-order valence-electron chi connectivity index (χ1n) is 10.5. The Hall–Kier alpha value is -3.35. The summed E-state index contributed by atoms with van der Waals surface area (Å²) in [5.41, 5.74) is 4.47. The number of carbonyl (C=O) groups is 3. The lowest BCUT2D eigenvalue weighted by Crippen LogP contribution is -2.52. The number of benzene rings is 2. The average molecular weight is 424 g/mol. The van der Waals surface area contributed by atoms with Gasteiger partial charge in [0, 0.05) is 12.5 Å². The summed E-state index contributed by atoms with van der Waals surface area (Å²) < 4.78 is 5.53. The number of likely N-dealkylation sites (N-methyl/N-ethyl adjacent to an activating group) is 1. The van der Waals surface area contributed by atoms with Crippen molar-refractivity contribution in [1.29, 1.82) is 0 Å². The number of alkyl carbamates (subject to hydrolysis) is 1. The molecular formula is C24H28N2O5. The molecule has 0 saturated heterocycles. The summed E-state index contributed by atoms with van der Waals surface area (Å²) in [6, 6.07) is 15.2. The Morgan fingerprint density at radius 1 is 1.03 bits per heavy atom. The molecule has 1 atom stereocenters. The van der Waals surface area contributed by atoms with Crippen molar-refractivity contribution in [1.82, 2.24) is 10.2 Å². The normalized spacial score (nSPS) is 13.3. The number of aliphatic carboxylic acids is 1. The number of hydrogen-bond acceptors (Lipinski definition) is 4. The number of fused-ring (bicyclic) bond motifs is 3. The number of ether oxygens (including phenoxy) is 1. The largest absolute Gasteiger partial charge is 0.480 e. The molecule has 2 amide bonds. The fourth-order valence-corrected chi connectivity index (χ4v) is 3.99. The molecule has 0 spiro atoms. The predicted octanol–water partition coefficient (Wildman–Crippen LogP) is 3.48. The second kappa shape index (κ2) is 9.64. The van der Waals surface area contributed by atoms with Crippen molar-refractivity contribution in [2.75, 3.05) is 19.7 Å². The van der Waals surface area contributed by atoms with Crippen LogP contribution < -0.4 is 5.32 Å². The van der Waals surface area contributed by atoms with Gasteiger partial charge in [0.1, 0.15) is 19.2 Å². The first-order chi connectivity index (χ1) is 14.8. The van der Waals surface area contributed by atoms with Gasteiger partial charge in [-0.2, -0.15) is 0 Å². The van der Waals surface area contributed by atoms with Crippen LogP contribution in [0.5, 0.6) is 0 Å². The van der Waals surface area contributed by atoms with Crippen molar-refractivity contribution >= 4 is 18.0 Å². The lowest BCUT2D eigenvalue weighted by molar-refractivity contribution is -0.145. The molecule has 1 aliphatic rings. The van der Waals surface area contributed by atoms with Crippen LogP contribution in [0, 0.1) is 5.92 Å². The van der Waals surface area contributed by atoms with Crippen molar-refractivity contribution in [3.05, 3.63) is 59.7 Å². The van der Waals surface area contributed by atoms with E-state index in [0.717, 1.165) is 22.3 Å². The Balaban J connectivity index is 1.69. The number of carboxylic acid groups (broad SMARTS) is 1. The maximum absolute atomic E-state index is 12.8. The van der Waals surface area contributed by atoms with Gasteiger partial charge >= 0.3 is 12.1 Å². The van der Waals surface area contributed by atoms with Gasteiger partial charge in [0.2, 0.25) is 5.91 Å². The predicted molar refractivity (Wildman–Crippen MR) is 117 cm³/mol. The second-order valence-corrected chi connectivity index (χ2v) is 7.94. The van der Waals surface area contributed by atoms with E-state index in [-0.39, 0.29) is 25.0 Å².